The Morgan fingerprint density at radius 2 is 1.74 bits per heavy atom. The van der Waals surface area contributed by atoms with Gasteiger partial charge in [0, 0.05) is 30.0 Å². The molecule has 5 rings (SSSR count). The zero-order chi connectivity index (χ0) is 18.2. The Kier molecular flexibility index (Phi) is 3.89. The molecule has 0 fully saturated rings. The summed E-state index contributed by atoms with van der Waals surface area (Å²) in [6.45, 7) is 2.08. The number of phenols is 1. The third-order valence-electron chi connectivity index (χ3n) is 5.42. The molecule has 2 aliphatic rings. The molecule has 2 N–H and O–H groups in total. The van der Waals surface area contributed by atoms with Crippen LogP contribution in [0, 0.1) is 0 Å². The standard InChI is InChI=1S/C23H21NO3/c25-17-7-8-18-22(13-17)27-14-19(15-4-2-1-3-5-15)23(18)16-6-9-21-20(12-16)24-10-11-26-21/h1-9,12-13,19,23-25H,10-11,14H2/t19-,23+/m0/s1. The van der Waals surface area contributed by atoms with E-state index in [0.717, 1.165) is 29.3 Å². The highest BCUT2D eigenvalue weighted by atomic mass is 16.5. The maximum atomic E-state index is 9.88. The van der Waals surface area contributed by atoms with Gasteiger partial charge in [-0.2, -0.15) is 0 Å². The smallest absolute Gasteiger partial charge is 0.142 e. The molecule has 0 unspecified atom stereocenters. The molecule has 0 amide bonds. The van der Waals surface area contributed by atoms with E-state index in [-0.39, 0.29) is 17.6 Å². The first-order valence-electron chi connectivity index (χ1n) is 9.31. The molecule has 0 aromatic heterocycles. The van der Waals surface area contributed by atoms with Gasteiger partial charge in [0.25, 0.3) is 0 Å². The second-order valence-corrected chi connectivity index (χ2v) is 7.06. The average Bonchev–Trinajstić information content (AvgIpc) is 2.73. The first-order chi connectivity index (χ1) is 13.3. The van der Waals surface area contributed by atoms with Gasteiger partial charge in [-0.05, 0) is 29.3 Å². The van der Waals surface area contributed by atoms with Gasteiger partial charge >= 0.3 is 0 Å². The molecule has 0 saturated heterocycles. The molecule has 3 aromatic rings. The van der Waals surface area contributed by atoms with Gasteiger partial charge in [-0.3, -0.25) is 0 Å². The minimum absolute atomic E-state index is 0.144. The lowest BCUT2D eigenvalue weighted by molar-refractivity contribution is 0.247. The Hall–Kier alpha value is -3.14. The van der Waals surface area contributed by atoms with Gasteiger partial charge in [0.1, 0.15) is 23.9 Å². The molecule has 0 bridgehead atoms. The van der Waals surface area contributed by atoms with Gasteiger partial charge in [-0.15, -0.1) is 0 Å². The summed E-state index contributed by atoms with van der Waals surface area (Å²) in [6, 6.07) is 22.3. The van der Waals surface area contributed by atoms with Crippen LogP contribution >= 0.6 is 0 Å². The topological polar surface area (TPSA) is 50.7 Å². The van der Waals surface area contributed by atoms with Crippen LogP contribution in [0.4, 0.5) is 5.69 Å². The van der Waals surface area contributed by atoms with E-state index in [1.807, 2.05) is 12.1 Å². The van der Waals surface area contributed by atoms with Crippen LogP contribution in [-0.4, -0.2) is 24.9 Å². The fourth-order valence-electron chi connectivity index (χ4n) is 4.15. The van der Waals surface area contributed by atoms with E-state index in [1.54, 1.807) is 12.1 Å². The lowest BCUT2D eigenvalue weighted by Gasteiger charge is -2.35. The third kappa shape index (κ3) is 2.87. The van der Waals surface area contributed by atoms with E-state index in [0.29, 0.717) is 13.2 Å². The van der Waals surface area contributed by atoms with Crippen LogP contribution in [-0.2, 0) is 0 Å². The summed E-state index contributed by atoms with van der Waals surface area (Å²) >= 11 is 0. The molecule has 3 aromatic carbocycles. The summed E-state index contributed by atoms with van der Waals surface area (Å²) in [5, 5.41) is 13.3. The highest BCUT2D eigenvalue weighted by Gasteiger charge is 2.34. The Morgan fingerprint density at radius 1 is 0.852 bits per heavy atom. The van der Waals surface area contributed by atoms with Crippen LogP contribution in [0.3, 0.4) is 0 Å². The summed E-state index contributed by atoms with van der Waals surface area (Å²) < 4.78 is 11.8. The van der Waals surface area contributed by atoms with Gasteiger partial charge < -0.3 is 19.9 Å². The van der Waals surface area contributed by atoms with Crippen molar-refractivity contribution in [2.75, 3.05) is 25.1 Å². The number of hydrogen-bond acceptors (Lipinski definition) is 4. The molecule has 27 heavy (non-hydrogen) atoms. The molecule has 2 heterocycles. The van der Waals surface area contributed by atoms with Crippen molar-refractivity contribution < 1.29 is 14.6 Å². The molecule has 0 saturated carbocycles. The minimum atomic E-state index is 0.144. The predicted molar refractivity (Wildman–Crippen MR) is 105 cm³/mol. The molecular formula is C23H21NO3. The van der Waals surface area contributed by atoms with Gasteiger partial charge in [0.2, 0.25) is 0 Å². The normalized spacial score (nSPS) is 20.4. The second-order valence-electron chi connectivity index (χ2n) is 7.06. The largest absolute Gasteiger partial charge is 0.508 e. The van der Waals surface area contributed by atoms with Crippen LogP contribution in [0.5, 0.6) is 17.2 Å². The molecule has 4 heteroatoms. The fraction of sp³-hybridized carbons (Fsp3) is 0.217. The van der Waals surface area contributed by atoms with Crippen LogP contribution in [0.2, 0.25) is 0 Å². The fourth-order valence-corrected chi connectivity index (χ4v) is 4.15. The maximum Gasteiger partial charge on any atom is 0.142 e. The van der Waals surface area contributed by atoms with Gasteiger partial charge in [-0.25, -0.2) is 0 Å². The van der Waals surface area contributed by atoms with E-state index < -0.39 is 0 Å². The zero-order valence-corrected chi connectivity index (χ0v) is 14.9. The van der Waals surface area contributed by atoms with Crippen molar-refractivity contribution in [2.24, 2.45) is 0 Å². The molecule has 0 aliphatic carbocycles. The summed E-state index contributed by atoms with van der Waals surface area (Å²) in [4.78, 5) is 0. The van der Waals surface area contributed by atoms with Crippen LogP contribution < -0.4 is 14.8 Å². The number of anilines is 1. The predicted octanol–water partition coefficient (Wildman–Crippen LogP) is 4.50. The third-order valence-corrected chi connectivity index (χ3v) is 5.42. The van der Waals surface area contributed by atoms with Gasteiger partial charge in [0.05, 0.1) is 12.3 Å². The molecule has 136 valence electrons. The van der Waals surface area contributed by atoms with Crippen molar-refractivity contribution in [3.05, 3.63) is 83.4 Å². The van der Waals surface area contributed by atoms with E-state index >= 15 is 0 Å². The van der Waals surface area contributed by atoms with E-state index in [9.17, 15) is 5.11 Å². The molecular weight excluding hydrogens is 338 g/mol. The quantitative estimate of drug-likeness (QED) is 0.707. The molecule has 2 aliphatic heterocycles. The molecule has 0 spiro atoms. The Balaban J connectivity index is 1.65. The van der Waals surface area contributed by atoms with Crippen LogP contribution in [0.25, 0.3) is 0 Å². The first-order valence-corrected chi connectivity index (χ1v) is 9.31. The zero-order valence-electron chi connectivity index (χ0n) is 14.9. The second kappa shape index (κ2) is 6.54. The van der Waals surface area contributed by atoms with Crippen LogP contribution in [0.1, 0.15) is 28.5 Å². The minimum Gasteiger partial charge on any atom is -0.508 e. The van der Waals surface area contributed by atoms with Crippen molar-refractivity contribution in [1.82, 2.24) is 0 Å². The van der Waals surface area contributed by atoms with Crippen molar-refractivity contribution >= 4 is 5.69 Å². The number of rotatable bonds is 2. The number of nitrogens with one attached hydrogen (secondary N) is 1. The van der Waals surface area contributed by atoms with Gasteiger partial charge in [-0.1, -0.05) is 42.5 Å². The molecule has 4 nitrogen and oxygen atoms in total. The highest BCUT2D eigenvalue weighted by Crippen LogP contribution is 2.48. The van der Waals surface area contributed by atoms with Crippen molar-refractivity contribution in [3.63, 3.8) is 0 Å². The molecule has 0 radical (unpaired) electrons. The summed E-state index contributed by atoms with van der Waals surface area (Å²) in [5.41, 5.74) is 4.61. The maximum absolute atomic E-state index is 9.88. The monoisotopic (exact) mass is 359 g/mol. The van der Waals surface area contributed by atoms with Crippen molar-refractivity contribution in [2.45, 2.75) is 11.8 Å². The van der Waals surface area contributed by atoms with E-state index in [1.165, 1.54) is 11.1 Å². The lowest BCUT2D eigenvalue weighted by Crippen LogP contribution is -2.25. The van der Waals surface area contributed by atoms with Crippen LogP contribution in [0.15, 0.2) is 66.7 Å². The highest BCUT2D eigenvalue weighted by molar-refractivity contribution is 5.62. The number of aromatic hydroxyl groups is 1. The Labute approximate surface area is 158 Å². The number of phenolic OH excluding ortho intramolecular Hbond substituents is 1. The number of ether oxygens (including phenoxy) is 2. The Morgan fingerprint density at radius 3 is 2.63 bits per heavy atom. The summed E-state index contributed by atoms with van der Waals surface area (Å²) in [6.07, 6.45) is 0. The summed E-state index contributed by atoms with van der Waals surface area (Å²) in [7, 11) is 0. The average molecular weight is 359 g/mol. The van der Waals surface area contributed by atoms with Gasteiger partial charge in [0.15, 0.2) is 0 Å². The van der Waals surface area contributed by atoms with Crippen molar-refractivity contribution in [3.8, 4) is 17.2 Å². The summed E-state index contributed by atoms with van der Waals surface area (Å²) in [5.74, 6) is 2.23. The van der Waals surface area contributed by atoms with E-state index in [2.05, 4.69) is 47.8 Å². The first kappa shape index (κ1) is 16.1. The Bertz CT molecular complexity index is 971. The van der Waals surface area contributed by atoms with Crippen molar-refractivity contribution in [1.29, 1.82) is 0 Å². The number of hydrogen-bond donors (Lipinski definition) is 2. The molecule has 2 atom stereocenters. The van der Waals surface area contributed by atoms with E-state index in [4.69, 9.17) is 9.47 Å². The number of fused-ring (bicyclic) bond motifs is 2. The lowest BCUT2D eigenvalue weighted by atomic mass is 9.75. The SMILES string of the molecule is Oc1ccc2c(c1)OC[C@@H](c1ccccc1)[C@@H]2c1ccc2c(c1)NCCO2. The number of benzene rings is 3.